The standard InChI is InChI=1S/C132H108BN3Si2/c1-130(2,3)104-68-74-123-118(85-104)119-86-105(131(4,5)6)69-75-124(119)134(123)107-70-71-120-126(89-107)135(108-77-101(94-48-26-13-27-49-94)76-102(78-108)95-50-28-14-29-51-95)127-87-106(132(7,8)9)88-128-129(127)133(120)121-84-100(67-73-125(121)136(128)122-72-66-99(93-46-24-12-25-47-93)83-117(122)96-52-30-15-31-53-96)103-81-115(137(109-56-32-16-33-57-109,110-58-34-17-35-59-110)113-64-40-54-97(79-113)91-42-20-10-21-43-91)90-116(82-103)138(111-60-36-18-37-61-111,112-62-38-19-39-63-112)114-65-41-55-98(80-114)92-44-22-11-23-45-92/h10-90H,1-9H3. The maximum Gasteiger partial charge on any atom is 0.252 e. The van der Waals surface area contributed by atoms with E-state index in [2.05, 4.69) is 568 Å². The molecule has 6 heteroatoms. The molecule has 0 amide bonds. The number of nitrogens with zero attached hydrogens (tertiary/aromatic N) is 3. The van der Waals surface area contributed by atoms with Crippen molar-refractivity contribution in [2.24, 2.45) is 0 Å². The molecule has 0 N–H and O–H groups in total. The second kappa shape index (κ2) is 34.9. The van der Waals surface area contributed by atoms with Crippen molar-refractivity contribution < 1.29 is 0 Å². The molecule has 0 unspecified atom stereocenters. The number of hydrogen-bond acceptors (Lipinski definition) is 2. The summed E-state index contributed by atoms with van der Waals surface area (Å²) in [5, 5.41) is 12.9. The number of rotatable bonds is 18. The lowest BCUT2D eigenvalue weighted by Crippen LogP contribution is -2.78. The second-order valence-electron chi connectivity index (χ2n) is 40.7. The highest BCUT2D eigenvalue weighted by atomic mass is 28.3. The minimum Gasteiger partial charge on any atom is -0.311 e. The van der Waals surface area contributed by atoms with E-state index in [0.29, 0.717) is 0 Å². The van der Waals surface area contributed by atoms with Crippen molar-refractivity contribution >= 4 is 137 Å². The van der Waals surface area contributed by atoms with Crippen LogP contribution >= 0.6 is 0 Å². The Bertz CT molecular complexity index is 7760. The molecule has 0 atom stereocenters. The van der Waals surface area contributed by atoms with Gasteiger partial charge in [-0.05, 0) is 248 Å². The first kappa shape index (κ1) is 86.4. The van der Waals surface area contributed by atoms with E-state index in [1.54, 1.807) is 0 Å². The van der Waals surface area contributed by atoms with Gasteiger partial charge in [-0.15, -0.1) is 0 Å². The Hall–Kier alpha value is -15.7. The minimum atomic E-state index is -3.56. The van der Waals surface area contributed by atoms with Gasteiger partial charge in [-0.2, -0.15) is 0 Å². The molecular weight excluding hydrogens is 1690 g/mol. The third-order valence-corrected chi connectivity index (χ3v) is 38.7. The summed E-state index contributed by atoms with van der Waals surface area (Å²) < 4.78 is 2.58. The number of fused-ring (bicyclic) bond motifs is 7. The quantitative estimate of drug-likeness (QED) is 0.0627. The molecule has 0 fully saturated rings. The summed E-state index contributed by atoms with van der Waals surface area (Å²) in [6.45, 7) is 20.9. The summed E-state index contributed by atoms with van der Waals surface area (Å²) in [6.07, 6.45) is 0. The van der Waals surface area contributed by atoms with Gasteiger partial charge in [0.2, 0.25) is 0 Å². The zero-order chi connectivity index (χ0) is 93.6. The fourth-order valence-corrected chi connectivity index (χ4v) is 32.2. The molecule has 0 bridgehead atoms. The molecule has 0 saturated heterocycles. The first-order valence-corrected chi connectivity index (χ1v) is 52.7. The zero-order valence-electron chi connectivity index (χ0n) is 79.7. The molecule has 662 valence electrons. The smallest absolute Gasteiger partial charge is 0.252 e. The topological polar surface area (TPSA) is 11.4 Å². The number of hydrogen-bond donors (Lipinski definition) is 0. The molecule has 20 aromatic carbocycles. The highest BCUT2D eigenvalue weighted by Gasteiger charge is 2.49. The Balaban J connectivity index is 0.875. The molecule has 138 heavy (non-hydrogen) atoms. The average molecular weight is 1800 g/mol. The average Bonchev–Trinajstić information content (AvgIpc) is 0.887. The van der Waals surface area contributed by atoms with Crippen molar-refractivity contribution in [2.45, 2.75) is 78.6 Å². The zero-order valence-corrected chi connectivity index (χ0v) is 81.7. The molecular formula is C132H108BN3Si2. The fourth-order valence-electron chi connectivity index (χ4n) is 22.3. The second-order valence-corrected chi connectivity index (χ2v) is 48.3. The molecule has 2 aliphatic heterocycles. The van der Waals surface area contributed by atoms with Gasteiger partial charge in [0.1, 0.15) is 0 Å². The van der Waals surface area contributed by atoms with E-state index >= 15 is 0 Å². The van der Waals surface area contributed by atoms with Crippen LogP contribution < -0.4 is 67.7 Å². The normalized spacial score (nSPS) is 12.6. The molecule has 1 aromatic heterocycles. The molecule has 3 heterocycles. The minimum absolute atomic E-state index is 0.0921. The monoisotopic (exact) mass is 1800 g/mol. The van der Waals surface area contributed by atoms with Crippen LogP contribution in [0.2, 0.25) is 0 Å². The summed E-state index contributed by atoms with van der Waals surface area (Å²) in [5.41, 5.74) is 33.2. The summed E-state index contributed by atoms with van der Waals surface area (Å²) in [5.74, 6) is 0. The van der Waals surface area contributed by atoms with Gasteiger partial charge in [0.25, 0.3) is 6.71 Å². The van der Waals surface area contributed by atoms with Crippen molar-refractivity contribution in [3.05, 3.63) is 508 Å². The third kappa shape index (κ3) is 15.2. The van der Waals surface area contributed by atoms with Gasteiger partial charge in [-0.25, -0.2) is 0 Å². The summed E-state index contributed by atoms with van der Waals surface area (Å²) in [7, 11) is -7.12. The molecule has 2 aliphatic rings. The van der Waals surface area contributed by atoms with Crippen LogP contribution in [0.1, 0.15) is 79.0 Å². The van der Waals surface area contributed by atoms with Gasteiger partial charge in [0.05, 0.1) is 16.7 Å². The van der Waals surface area contributed by atoms with Crippen LogP contribution in [0.15, 0.2) is 491 Å². The largest absolute Gasteiger partial charge is 0.311 e. The van der Waals surface area contributed by atoms with Crippen LogP contribution in [-0.2, 0) is 16.2 Å². The third-order valence-electron chi connectivity index (χ3n) is 29.3. The van der Waals surface area contributed by atoms with E-state index in [4.69, 9.17) is 0 Å². The first-order valence-electron chi connectivity index (χ1n) is 48.7. The number of anilines is 6. The van der Waals surface area contributed by atoms with Gasteiger partial charge >= 0.3 is 0 Å². The van der Waals surface area contributed by atoms with Gasteiger partial charge < -0.3 is 14.4 Å². The molecule has 0 saturated carbocycles. The van der Waals surface area contributed by atoms with Gasteiger partial charge in [0.15, 0.2) is 16.1 Å². The molecule has 0 aliphatic carbocycles. The predicted octanol–water partition coefficient (Wildman–Crippen LogP) is 27.2. The van der Waals surface area contributed by atoms with Crippen molar-refractivity contribution in [3.8, 4) is 83.6 Å². The van der Waals surface area contributed by atoms with Gasteiger partial charge in [-0.1, -0.05) is 469 Å². The lowest BCUT2D eigenvalue weighted by Gasteiger charge is -2.45. The molecule has 3 nitrogen and oxygen atoms in total. The van der Waals surface area contributed by atoms with Crippen LogP contribution in [-0.4, -0.2) is 27.4 Å². The molecule has 0 spiro atoms. The Morgan fingerprint density at radius 3 is 0.942 bits per heavy atom. The van der Waals surface area contributed by atoms with E-state index < -0.39 is 16.1 Å². The summed E-state index contributed by atoms with van der Waals surface area (Å²) in [4.78, 5) is 5.38. The van der Waals surface area contributed by atoms with E-state index in [0.717, 1.165) is 95.4 Å². The number of benzene rings is 20. The van der Waals surface area contributed by atoms with E-state index in [1.165, 1.54) is 119 Å². The Morgan fingerprint density at radius 2 is 0.529 bits per heavy atom. The predicted molar refractivity (Wildman–Crippen MR) is 596 cm³/mol. The van der Waals surface area contributed by atoms with Crippen LogP contribution in [0.3, 0.4) is 0 Å². The van der Waals surface area contributed by atoms with E-state index in [-0.39, 0.29) is 23.0 Å². The van der Waals surface area contributed by atoms with Gasteiger partial charge in [0, 0.05) is 50.5 Å². The molecule has 21 aromatic rings. The van der Waals surface area contributed by atoms with Gasteiger partial charge in [-0.3, -0.25) is 0 Å². The SMILES string of the molecule is CC(C)(C)c1cc2c3c(c1)N(c1ccc(-c4ccccc4)cc1-c1ccccc1)c1ccc(-c4cc([Si](c5ccccc5)(c5ccccc5)c5cccc(-c6ccccc6)c5)cc([Si](c5ccccc5)(c5ccccc5)c5cccc(-c6ccccc6)c5)c4)cc1B3c1ccc(-n3c4ccc(C(C)(C)C)cc4c4cc(C(C)(C)C)ccc43)cc1N2c1cc(-c2ccccc2)cc(-c2ccccc2)c1. The Kier molecular flexibility index (Phi) is 21.9. The summed E-state index contributed by atoms with van der Waals surface area (Å²) >= 11 is 0. The van der Waals surface area contributed by atoms with Crippen molar-refractivity contribution in [2.75, 3.05) is 9.80 Å². The Morgan fingerprint density at radius 1 is 0.188 bits per heavy atom. The van der Waals surface area contributed by atoms with Crippen molar-refractivity contribution in [1.29, 1.82) is 0 Å². The number of aromatic nitrogens is 1. The van der Waals surface area contributed by atoms with Crippen LogP contribution in [0, 0.1) is 0 Å². The highest BCUT2D eigenvalue weighted by Crippen LogP contribution is 2.52. The summed E-state index contributed by atoms with van der Waals surface area (Å²) in [6, 6.07) is 190. The maximum absolute atomic E-state index is 3.56. The Labute approximate surface area is 815 Å². The lowest BCUT2D eigenvalue weighted by atomic mass is 9.33. The maximum atomic E-state index is 2.73. The van der Waals surface area contributed by atoms with E-state index in [1.807, 2.05) is 0 Å². The first-order chi connectivity index (χ1) is 67.3. The molecule has 23 rings (SSSR count). The van der Waals surface area contributed by atoms with Crippen molar-refractivity contribution in [3.63, 3.8) is 0 Å². The highest BCUT2D eigenvalue weighted by molar-refractivity contribution is 7.22. The fraction of sp³-hybridized carbons (Fsp3) is 0.0909. The van der Waals surface area contributed by atoms with Crippen LogP contribution in [0.25, 0.3) is 105 Å². The van der Waals surface area contributed by atoms with E-state index in [9.17, 15) is 0 Å². The van der Waals surface area contributed by atoms with Crippen LogP contribution in [0.4, 0.5) is 34.1 Å². The van der Waals surface area contributed by atoms with Crippen LogP contribution in [0.5, 0.6) is 0 Å². The molecule has 0 radical (unpaired) electrons. The lowest BCUT2D eigenvalue weighted by molar-refractivity contribution is 0.590. The van der Waals surface area contributed by atoms with Crippen molar-refractivity contribution in [1.82, 2.24) is 4.57 Å².